The highest BCUT2D eigenvalue weighted by atomic mass is 32.1. The molecule has 0 bridgehead atoms. The molecule has 2 aromatic rings. The minimum atomic E-state index is 0.805. The molecule has 1 heterocycles. The van der Waals surface area contributed by atoms with E-state index in [1.807, 2.05) is 0 Å². The Morgan fingerprint density at radius 2 is 2.00 bits per heavy atom. The Morgan fingerprint density at radius 3 is 2.62 bits per heavy atom. The number of benzene rings is 1. The first-order valence-electron chi connectivity index (χ1n) is 5.51. The van der Waals surface area contributed by atoms with Gasteiger partial charge in [0.15, 0.2) is 0 Å². The molecule has 2 nitrogen and oxygen atoms in total. The number of aryl methyl sites for hydroxylation is 2. The maximum Gasteiger partial charge on any atom is 0.0926 e. The Kier molecular flexibility index (Phi) is 3.57. The second-order valence-corrected chi connectivity index (χ2v) is 4.75. The van der Waals surface area contributed by atoms with Crippen molar-refractivity contribution >= 4 is 17.0 Å². The second kappa shape index (κ2) is 5.12. The molecule has 1 aromatic heterocycles. The molecule has 0 unspecified atom stereocenters. The lowest BCUT2D eigenvalue weighted by Gasteiger charge is -2.04. The van der Waals surface area contributed by atoms with E-state index in [2.05, 4.69) is 53.8 Å². The monoisotopic (exact) mass is 232 g/mol. The van der Waals surface area contributed by atoms with Crippen LogP contribution in [0.1, 0.15) is 23.2 Å². The van der Waals surface area contributed by atoms with E-state index in [0.29, 0.717) is 0 Å². The number of aromatic nitrogens is 1. The Balaban J connectivity index is 1.94. The largest absolute Gasteiger partial charge is 0.379 e. The molecule has 0 amide bonds. The standard InChI is InChI=1S/C13H16N2S/c1-3-13-15-12(9-16-13)8-14-11-6-4-10(2)5-7-11/h4-7,9,14H,3,8H2,1-2H3. The van der Waals surface area contributed by atoms with E-state index in [-0.39, 0.29) is 0 Å². The number of nitrogens with one attached hydrogen (secondary N) is 1. The van der Waals surface area contributed by atoms with Crippen LogP contribution in [0.25, 0.3) is 0 Å². The minimum Gasteiger partial charge on any atom is -0.379 e. The molecule has 0 radical (unpaired) electrons. The van der Waals surface area contributed by atoms with Crippen molar-refractivity contribution in [3.8, 4) is 0 Å². The molecular weight excluding hydrogens is 216 g/mol. The molecule has 0 saturated carbocycles. The molecule has 84 valence electrons. The normalized spacial score (nSPS) is 10.4. The summed E-state index contributed by atoms with van der Waals surface area (Å²) in [5.74, 6) is 0. The van der Waals surface area contributed by atoms with E-state index in [1.165, 1.54) is 10.6 Å². The van der Waals surface area contributed by atoms with Gasteiger partial charge in [0.25, 0.3) is 0 Å². The van der Waals surface area contributed by atoms with Crippen LogP contribution in [0.5, 0.6) is 0 Å². The van der Waals surface area contributed by atoms with Crippen LogP contribution in [0.2, 0.25) is 0 Å². The van der Waals surface area contributed by atoms with Gasteiger partial charge in [0, 0.05) is 11.1 Å². The van der Waals surface area contributed by atoms with E-state index in [4.69, 9.17) is 0 Å². The summed E-state index contributed by atoms with van der Waals surface area (Å²) in [4.78, 5) is 4.52. The Labute approximate surface area is 100 Å². The SMILES string of the molecule is CCc1nc(CNc2ccc(C)cc2)cs1. The molecular formula is C13H16N2S. The maximum atomic E-state index is 4.52. The molecule has 0 atom stereocenters. The highest BCUT2D eigenvalue weighted by Crippen LogP contribution is 2.13. The van der Waals surface area contributed by atoms with Crippen molar-refractivity contribution in [1.29, 1.82) is 0 Å². The van der Waals surface area contributed by atoms with Crippen LogP contribution >= 0.6 is 11.3 Å². The fraction of sp³-hybridized carbons (Fsp3) is 0.308. The Hall–Kier alpha value is -1.35. The number of rotatable bonds is 4. The maximum absolute atomic E-state index is 4.52. The highest BCUT2D eigenvalue weighted by molar-refractivity contribution is 7.09. The van der Waals surface area contributed by atoms with Gasteiger partial charge >= 0.3 is 0 Å². The van der Waals surface area contributed by atoms with E-state index in [0.717, 1.165) is 24.3 Å². The van der Waals surface area contributed by atoms with Crippen LogP contribution in [-0.2, 0) is 13.0 Å². The Bertz CT molecular complexity index is 445. The smallest absolute Gasteiger partial charge is 0.0926 e. The predicted molar refractivity (Wildman–Crippen MR) is 70.0 cm³/mol. The summed E-state index contributed by atoms with van der Waals surface area (Å²) in [6, 6.07) is 8.42. The summed E-state index contributed by atoms with van der Waals surface area (Å²) in [6.45, 7) is 5.04. The predicted octanol–water partition coefficient (Wildman–Crippen LogP) is 3.63. The third-order valence-corrected chi connectivity index (χ3v) is 3.47. The van der Waals surface area contributed by atoms with Crippen LogP contribution in [0.15, 0.2) is 29.6 Å². The lowest BCUT2D eigenvalue weighted by Crippen LogP contribution is -1.99. The quantitative estimate of drug-likeness (QED) is 0.870. The molecule has 0 aliphatic heterocycles. The van der Waals surface area contributed by atoms with Crippen molar-refractivity contribution in [2.75, 3.05) is 5.32 Å². The topological polar surface area (TPSA) is 24.9 Å². The summed E-state index contributed by atoms with van der Waals surface area (Å²) in [7, 11) is 0. The van der Waals surface area contributed by atoms with Crippen LogP contribution < -0.4 is 5.32 Å². The van der Waals surface area contributed by atoms with Gasteiger partial charge < -0.3 is 5.32 Å². The molecule has 1 N–H and O–H groups in total. The first kappa shape index (κ1) is 11.1. The average molecular weight is 232 g/mol. The van der Waals surface area contributed by atoms with Crippen molar-refractivity contribution in [2.24, 2.45) is 0 Å². The highest BCUT2D eigenvalue weighted by Gasteiger charge is 1.99. The van der Waals surface area contributed by atoms with Crippen LogP contribution in [0.4, 0.5) is 5.69 Å². The molecule has 0 fully saturated rings. The number of nitrogens with zero attached hydrogens (tertiary/aromatic N) is 1. The van der Waals surface area contributed by atoms with E-state index in [9.17, 15) is 0 Å². The van der Waals surface area contributed by atoms with Gasteiger partial charge in [-0.15, -0.1) is 11.3 Å². The summed E-state index contributed by atoms with van der Waals surface area (Å²) >= 11 is 1.74. The van der Waals surface area contributed by atoms with E-state index in [1.54, 1.807) is 11.3 Å². The summed E-state index contributed by atoms with van der Waals surface area (Å²) in [5.41, 5.74) is 3.56. The van der Waals surface area contributed by atoms with Gasteiger partial charge in [-0.05, 0) is 25.5 Å². The van der Waals surface area contributed by atoms with Gasteiger partial charge in [0.2, 0.25) is 0 Å². The third-order valence-electron chi connectivity index (χ3n) is 2.43. The van der Waals surface area contributed by atoms with Crippen LogP contribution in [-0.4, -0.2) is 4.98 Å². The van der Waals surface area contributed by atoms with Gasteiger partial charge in [0.05, 0.1) is 17.2 Å². The van der Waals surface area contributed by atoms with Gasteiger partial charge in [0.1, 0.15) is 0 Å². The molecule has 16 heavy (non-hydrogen) atoms. The average Bonchev–Trinajstić information content (AvgIpc) is 2.76. The summed E-state index contributed by atoms with van der Waals surface area (Å²) < 4.78 is 0. The molecule has 0 aliphatic rings. The second-order valence-electron chi connectivity index (χ2n) is 3.81. The van der Waals surface area contributed by atoms with Crippen molar-refractivity contribution in [3.63, 3.8) is 0 Å². The van der Waals surface area contributed by atoms with Gasteiger partial charge in [-0.25, -0.2) is 4.98 Å². The summed E-state index contributed by atoms with van der Waals surface area (Å²) in [5, 5.41) is 6.70. The lowest BCUT2D eigenvalue weighted by molar-refractivity contribution is 1.01. The molecule has 0 saturated heterocycles. The number of thiazole rings is 1. The van der Waals surface area contributed by atoms with Gasteiger partial charge in [-0.2, -0.15) is 0 Å². The Morgan fingerprint density at radius 1 is 1.25 bits per heavy atom. The van der Waals surface area contributed by atoms with Gasteiger partial charge in [-0.3, -0.25) is 0 Å². The minimum absolute atomic E-state index is 0.805. The van der Waals surface area contributed by atoms with Crippen LogP contribution in [0, 0.1) is 6.92 Å². The van der Waals surface area contributed by atoms with E-state index >= 15 is 0 Å². The molecule has 1 aromatic carbocycles. The van der Waals surface area contributed by atoms with Crippen molar-refractivity contribution in [1.82, 2.24) is 4.98 Å². The van der Waals surface area contributed by atoms with Crippen LogP contribution in [0.3, 0.4) is 0 Å². The zero-order chi connectivity index (χ0) is 11.4. The first-order valence-corrected chi connectivity index (χ1v) is 6.39. The first-order chi connectivity index (χ1) is 7.78. The molecule has 0 aliphatic carbocycles. The zero-order valence-electron chi connectivity index (χ0n) is 9.66. The summed E-state index contributed by atoms with van der Waals surface area (Å²) in [6.07, 6.45) is 1.02. The molecule has 3 heteroatoms. The fourth-order valence-corrected chi connectivity index (χ4v) is 2.20. The number of anilines is 1. The van der Waals surface area contributed by atoms with Crippen molar-refractivity contribution in [3.05, 3.63) is 45.9 Å². The number of hydrogen-bond acceptors (Lipinski definition) is 3. The van der Waals surface area contributed by atoms with Gasteiger partial charge in [-0.1, -0.05) is 24.6 Å². The lowest BCUT2D eigenvalue weighted by atomic mass is 10.2. The number of hydrogen-bond donors (Lipinski definition) is 1. The van der Waals surface area contributed by atoms with Crippen molar-refractivity contribution < 1.29 is 0 Å². The van der Waals surface area contributed by atoms with Crippen molar-refractivity contribution in [2.45, 2.75) is 26.8 Å². The molecule has 2 rings (SSSR count). The van der Waals surface area contributed by atoms with E-state index < -0.39 is 0 Å². The third kappa shape index (κ3) is 2.83. The fourth-order valence-electron chi connectivity index (χ4n) is 1.46. The zero-order valence-corrected chi connectivity index (χ0v) is 10.5. The molecule has 0 spiro atoms.